The van der Waals surface area contributed by atoms with Gasteiger partial charge in [0.05, 0.1) is 17.1 Å². The molecule has 29 heavy (non-hydrogen) atoms. The second-order valence-corrected chi connectivity index (χ2v) is 6.26. The highest BCUT2D eigenvalue weighted by molar-refractivity contribution is 6.33. The van der Waals surface area contributed by atoms with Crippen LogP contribution in [-0.2, 0) is 0 Å². The van der Waals surface area contributed by atoms with E-state index in [4.69, 9.17) is 20.8 Å². The number of rotatable bonds is 6. The van der Waals surface area contributed by atoms with Crippen molar-refractivity contribution in [2.75, 3.05) is 7.11 Å². The Kier molecular flexibility index (Phi) is 5.77. The molecule has 0 aliphatic heterocycles. The average molecular weight is 409 g/mol. The minimum absolute atomic E-state index is 0.106. The molecule has 3 aromatic rings. The van der Waals surface area contributed by atoms with Gasteiger partial charge in [0.1, 0.15) is 28.9 Å². The van der Waals surface area contributed by atoms with E-state index in [0.29, 0.717) is 22.6 Å². The van der Waals surface area contributed by atoms with Gasteiger partial charge in [-0.15, -0.1) is 0 Å². The smallest absolute Gasteiger partial charge is 0.270 e. The molecule has 144 valence electrons. The van der Waals surface area contributed by atoms with Gasteiger partial charge in [0.2, 0.25) is 5.78 Å². The van der Waals surface area contributed by atoms with Crippen LogP contribution in [0.1, 0.15) is 16.1 Å². The summed E-state index contributed by atoms with van der Waals surface area (Å²) in [6.45, 7) is 0. The molecule has 0 aliphatic carbocycles. The number of Topliss-reactive ketones (excluding diaryl/α,β-unsaturated/α-hetero) is 1. The first kappa shape index (κ1) is 19.9. The van der Waals surface area contributed by atoms with Gasteiger partial charge in [-0.05, 0) is 42.5 Å². The zero-order valence-corrected chi connectivity index (χ0v) is 15.8. The molecule has 2 aromatic carbocycles. The van der Waals surface area contributed by atoms with E-state index < -0.39 is 10.7 Å². The molecule has 0 aliphatic rings. The van der Waals surface area contributed by atoms with Crippen LogP contribution in [0.5, 0.6) is 5.75 Å². The van der Waals surface area contributed by atoms with Crippen LogP contribution in [0.2, 0.25) is 5.02 Å². The number of benzene rings is 2. The number of methoxy groups -OCH3 is 1. The number of hydrogen-bond acceptors (Lipinski definition) is 6. The summed E-state index contributed by atoms with van der Waals surface area (Å²) in [7, 11) is 1.52. The summed E-state index contributed by atoms with van der Waals surface area (Å²) in [6.07, 6.45) is 1.33. The van der Waals surface area contributed by atoms with Gasteiger partial charge in [-0.3, -0.25) is 14.9 Å². The molecule has 0 bridgehead atoms. The van der Waals surface area contributed by atoms with E-state index in [1.807, 2.05) is 6.07 Å². The molecule has 1 heterocycles. The Labute approximate surface area is 170 Å². The fraction of sp³-hybridized carbons (Fsp3) is 0.0476. The molecule has 8 heteroatoms. The summed E-state index contributed by atoms with van der Waals surface area (Å²) < 4.78 is 10.7. The quantitative estimate of drug-likeness (QED) is 0.180. The van der Waals surface area contributed by atoms with Gasteiger partial charge in [0.15, 0.2) is 0 Å². The summed E-state index contributed by atoms with van der Waals surface area (Å²) in [5.41, 5.74) is 0.550. The topological polar surface area (TPSA) is 106 Å². The highest BCUT2D eigenvalue weighted by Gasteiger charge is 2.16. The average Bonchev–Trinajstić information content (AvgIpc) is 3.19. The summed E-state index contributed by atoms with van der Waals surface area (Å²) in [5, 5.41) is 20.4. The Morgan fingerprint density at radius 2 is 1.93 bits per heavy atom. The van der Waals surface area contributed by atoms with Crippen molar-refractivity contribution >= 4 is 29.1 Å². The van der Waals surface area contributed by atoms with Crippen LogP contribution in [0, 0.1) is 21.4 Å². The molecule has 3 rings (SSSR count). The summed E-state index contributed by atoms with van der Waals surface area (Å²) in [4.78, 5) is 22.8. The molecule has 0 saturated carbocycles. The number of nitrogens with zero attached hydrogens (tertiary/aromatic N) is 2. The lowest BCUT2D eigenvalue weighted by Gasteiger charge is -2.02. The number of ether oxygens (including phenoxy) is 1. The molecule has 7 nitrogen and oxygen atoms in total. The summed E-state index contributed by atoms with van der Waals surface area (Å²) in [6, 6.07) is 15.5. The molecule has 0 unspecified atom stereocenters. The SMILES string of the molecule is COc1ccc(C(=O)/C(C#N)=C/c2ccc(-c3ccc([N+](=O)[O-])cc3Cl)o2)cc1. The fourth-order valence-electron chi connectivity index (χ4n) is 2.58. The third kappa shape index (κ3) is 4.34. The number of carbonyl (C=O) groups excluding carboxylic acids is 1. The molecule has 0 N–H and O–H groups in total. The van der Waals surface area contributed by atoms with Crippen molar-refractivity contribution in [1.82, 2.24) is 0 Å². The van der Waals surface area contributed by atoms with E-state index in [1.165, 1.54) is 31.4 Å². The van der Waals surface area contributed by atoms with Crippen LogP contribution in [0.3, 0.4) is 0 Å². The Morgan fingerprint density at radius 3 is 2.52 bits per heavy atom. The zero-order valence-electron chi connectivity index (χ0n) is 15.1. The largest absolute Gasteiger partial charge is 0.497 e. The number of hydrogen-bond donors (Lipinski definition) is 0. The second kappa shape index (κ2) is 8.42. The number of allylic oxidation sites excluding steroid dienone is 1. The van der Waals surface area contributed by atoms with Crippen molar-refractivity contribution in [1.29, 1.82) is 5.26 Å². The maximum absolute atomic E-state index is 12.6. The second-order valence-electron chi connectivity index (χ2n) is 5.85. The van der Waals surface area contributed by atoms with Gasteiger partial charge in [0.25, 0.3) is 5.69 Å². The number of nitriles is 1. The third-order valence-corrected chi connectivity index (χ3v) is 4.37. The lowest BCUT2D eigenvalue weighted by atomic mass is 10.0. The normalized spacial score (nSPS) is 11.0. The van der Waals surface area contributed by atoms with Crippen molar-refractivity contribution in [2.24, 2.45) is 0 Å². The number of carbonyl (C=O) groups is 1. The molecule has 0 atom stereocenters. The number of halogens is 1. The van der Waals surface area contributed by atoms with Gasteiger partial charge in [0, 0.05) is 29.3 Å². The monoisotopic (exact) mass is 408 g/mol. The summed E-state index contributed by atoms with van der Waals surface area (Å²) >= 11 is 6.11. The van der Waals surface area contributed by atoms with Crippen molar-refractivity contribution in [2.45, 2.75) is 0 Å². The van der Waals surface area contributed by atoms with Gasteiger partial charge >= 0.3 is 0 Å². The van der Waals surface area contributed by atoms with E-state index in [1.54, 1.807) is 36.4 Å². The van der Waals surface area contributed by atoms with Crippen LogP contribution in [0.15, 0.2) is 64.6 Å². The first-order valence-corrected chi connectivity index (χ1v) is 8.65. The Hall–Kier alpha value is -3.89. The van der Waals surface area contributed by atoms with E-state index in [9.17, 15) is 20.2 Å². The first-order chi connectivity index (χ1) is 13.9. The predicted octanol–water partition coefficient (Wildman–Crippen LogP) is 5.31. The Bertz CT molecular complexity index is 1160. The lowest BCUT2D eigenvalue weighted by molar-refractivity contribution is -0.384. The van der Waals surface area contributed by atoms with Crippen LogP contribution < -0.4 is 4.74 Å². The molecule has 1 aromatic heterocycles. The zero-order chi connectivity index (χ0) is 21.0. The molecular formula is C21H13ClN2O5. The number of nitro benzene ring substituents is 1. The number of non-ortho nitro benzene ring substituents is 1. The predicted molar refractivity (Wildman–Crippen MR) is 107 cm³/mol. The van der Waals surface area contributed by atoms with E-state index in [2.05, 4.69) is 0 Å². The number of nitro groups is 1. The standard InChI is InChI=1S/C21H13ClN2O5/c1-28-16-5-2-13(3-6-16)21(25)14(12-23)10-17-7-9-20(29-17)18-8-4-15(24(26)27)11-19(18)22/h2-11H,1H3/b14-10+. The molecular weight excluding hydrogens is 396 g/mol. The molecule has 0 saturated heterocycles. The molecule has 0 spiro atoms. The van der Waals surface area contributed by atoms with Gasteiger partial charge in [-0.25, -0.2) is 0 Å². The highest BCUT2D eigenvalue weighted by Crippen LogP contribution is 2.32. The molecule has 0 fully saturated rings. The van der Waals surface area contributed by atoms with Crippen LogP contribution in [0.4, 0.5) is 5.69 Å². The van der Waals surface area contributed by atoms with Gasteiger partial charge in [-0.1, -0.05) is 11.6 Å². The highest BCUT2D eigenvalue weighted by atomic mass is 35.5. The maximum Gasteiger partial charge on any atom is 0.270 e. The lowest BCUT2D eigenvalue weighted by Crippen LogP contribution is -2.01. The first-order valence-electron chi connectivity index (χ1n) is 8.27. The van der Waals surface area contributed by atoms with E-state index in [-0.39, 0.29) is 22.0 Å². The summed E-state index contributed by atoms with van der Waals surface area (Å²) in [5.74, 6) is 0.763. The van der Waals surface area contributed by atoms with E-state index in [0.717, 1.165) is 0 Å². The van der Waals surface area contributed by atoms with Crippen molar-refractivity contribution in [3.63, 3.8) is 0 Å². The fourth-order valence-corrected chi connectivity index (χ4v) is 2.85. The third-order valence-electron chi connectivity index (χ3n) is 4.06. The van der Waals surface area contributed by atoms with Crippen LogP contribution in [-0.4, -0.2) is 17.8 Å². The van der Waals surface area contributed by atoms with E-state index >= 15 is 0 Å². The van der Waals surface area contributed by atoms with Crippen LogP contribution >= 0.6 is 11.6 Å². The Balaban J connectivity index is 1.88. The van der Waals surface area contributed by atoms with Crippen molar-refractivity contribution < 1.29 is 18.9 Å². The number of ketones is 1. The van der Waals surface area contributed by atoms with Gasteiger partial charge in [-0.2, -0.15) is 5.26 Å². The Morgan fingerprint density at radius 1 is 1.21 bits per heavy atom. The van der Waals surface area contributed by atoms with Crippen molar-refractivity contribution in [3.8, 4) is 23.1 Å². The maximum atomic E-state index is 12.6. The minimum atomic E-state index is -0.546. The van der Waals surface area contributed by atoms with Gasteiger partial charge < -0.3 is 9.15 Å². The minimum Gasteiger partial charge on any atom is -0.497 e. The van der Waals surface area contributed by atoms with Crippen LogP contribution in [0.25, 0.3) is 17.4 Å². The molecule has 0 radical (unpaired) electrons. The molecule has 0 amide bonds. The number of furan rings is 1. The van der Waals surface area contributed by atoms with Crippen molar-refractivity contribution in [3.05, 3.63) is 86.6 Å².